The van der Waals surface area contributed by atoms with Crippen molar-refractivity contribution < 1.29 is 9.47 Å². The number of rotatable bonds is 5. The Bertz CT molecular complexity index is 442. The molecule has 0 aromatic heterocycles. The molecule has 0 aliphatic carbocycles. The van der Waals surface area contributed by atoms with Crippen LogP contribution in [0.4, 0.5) is 0 Å². The first-order valence-corrected chi connectivity index (χ1v) is 8.13. The van der Waals surface area contributed by atoms with Crippen LogP contribution in [-0.2, 0) is 6.42 Å². The van der Waals surface area contributed by atoms with Crippen LogP contribution in [0.25, 0.3) is 0 Å². The second kappa shape index (κ2) is 7.32. The zero-order valence-corrected chi connectivity index (χ0v) is 14.1. The summed E-state index contributed by atoms with van der Waals surface area (Å²) < 4.78 is 12.5. The SMILES string of the molecule is COc1cc(Br)cc(CC2CCNCC2)c1OC(C)C. The number of hydrogen-bond donors (Lipinski definition) is 1. The summed E-state index contributed by atoms with van der Waals surface area (Å²) in [7, 11) is 1.70. The maximum absolute atomic E-state index is 6.00. The van der Waals surface area contributed by atoms with Crippen molar-refractivity contribution >= 4 is 15.9 Å². The highest BCUT2D eigenvalue weighted by molar-refractivity contribution is 9.10. The molecule has 0 radical (unpaired) electrons. The number of piperidine rings is 1. The molecule has 20 heavy (non-hydrogen) atoms. The van der Waals surface area contributed by atoms with Crippen LogP contribution in [0.3, 0.4) is 0 Å². The van der Waals surface area contributed by atoms with Gasteiger partial charge in [0.05, 0.1) is 13.2 Å². The summed E-state index contributed by atoms with van der Waals surface area (Å²) in [6.45, 7) is 6.35. The van der Waals surface area contributed by atoms with Gasteiger partial charge in [-0.2, -0.15) is 0 Å². The molecule has 2 rings (SSSR count). The predicted octanol–water partition coefficient (Wildman–Crippen LogP) is 3.79. The molecule has 3 nitrogen and oxygen atoms in total. The van der Waals surface area contributed by atoms with Gasteiger partial charge in [-0.1, -0.05) is 15.9 Å². The molecule has 1 aromatic carbocycles. The summed E-state index contributed by atoms with van der Waals surface area (Å²) in [5.74, 6) is 2.45. The van der Waals surface area contributed by atoms with E-state index in [2.05, 4.69) is 41.2 Å². The number of ether oxygens (including phenoxy) is 2. The second-order valence-corrected chi connectivity index (χ2v) is 6.58. The van der Waals surface area contributed by atoms with Gasteiger partial charge in [0.2, 0.25) is 0 Å². The van der Waals surface area contributed by atoms with Crippen molar-refractivity contribution in [2.45, 2.75) is 39.2 Å². The molecule has 1 aliphatic rings. The molecule has 112 valence electrons. The Morgan fingerprint density at radius 1 is 1.30 bits per heavy atom. The number of halogens is 1. The highest BCUT2D eigenvalue weighted by Gasteiger charge is 2.19. The maximum atomic E-state index is 6.00. The second-order valence-electron chi connectivity index (χ2n) is 5.66. The molecule has 1 aromatic rings. The third kappa shape index (κ3) is 4.13. The molecular weight excluding hydrogens is 318 g/mol. The monoisotopic (exact) mass is 341 g/mol. The van der Waals surface area contributed by atoms with E-state index in [1.807, 2.05) is 6.07 Å². The molecule has 0 amide bonds. The third-order valence-electron chi connectivity index (χ3n) is 3.64. The molecule has 0 spiro atoms. The Morgan fingerprint density at radius 2 is 2.00 bits per heavy atom. The molecule has 0 unspecified atom stereocenters. The number of nitrogens with one attached hydrogen (secondary N) is 1. The molecule has 0 atom stereocenters. The average Bonchev–Trinajstić information content (AvgIpc) is 2.42. The van der Waals surface area contributed by atoms with Gasteiger partial charge in [-0.15, -0.1) is 0 Å². The van der Waals surface area contributed by atoms with Crippen molar-refractivity contribution in [1.82, 2.24) is 5.32 Å². The van der Waals surface area contributed by atoms with Crippen LogP contribution >= 0.6 is 15.9 Å². The summed E-state index contributed by atoms with van der Waals surface area (Å²) in [4.78, 5) is 0. The van der Waals surface area contributed by atoms with Crippen molar-refractivity contribution in [2.75, 3.05) is 20.2 Å². The highest BCUT2D eigenvalue weighted by Crippen LogP contribution is 2.37. The smallest absolute Gasteiger partial charge is 0.164 e. The highest BCUT2D eigenvalue weighted by atomic mass is 79.9. The molecule has 1 heterocycles. The van der Waals surface area contributed by atoms with Crippen LogP contribution in [0.2, 0.25) is 0 Å². The Balaban J connectivity index is 2.25. The summed E-state index contributed by atoms with van der Waals surface area (Å²) >= 11 is 3.57. The molecular formula is C16H24BrNO2. The van der Waals surface area contributed by atoms with Gasteiger partial charge in [0, 0.05) is 4.47 Å². The Kier molecular flexibility index (Phi) is 5.73. The van der Waals surface area contributed by atoms with Gasteiger partial charge in [0.15, 0.2) is 11.5 Å². The summed E-state index contributed by atoms with van der Waals surface area (Å²) in [5, 5.41) is 3.42. The Morgan fingerprint density at radius 3 is 2.60 bits per heavy atom. The molecule has 0 bridgehead atoms. The predicted molar refractivity (Wildman–Crippen MR) is 85.8 cm³/mol. The minimum atomic E-state index is 0.150. The lowest BCUT2D eigenvalue weighted by Crippen LogP contribution is -2.28. The third-order valence-corrected chi connectivity index (χ3v) is 4.10. The molecule has 1 N–H and O–H groups in total. The summed E-state index contributed by atoms with van der Waals surface area (Å²) in [5.41, 5.74) is 1.25. The minimum Gasteiger partial charge on any atom is -0.493 e. The summed E-state index contributed by atoms with van der Waals surface area (Å²) in [6.07, 6.45) is 3.67. The zero-order chi connectivity index (χ0) is 14.5. The average molecular weight is 342 g/mol. The number of benzene rings is 1. The maximum Gasteiger partial charge on any atom is 0.164 e. The van der Waals surface area contributed by atoms with Crippen molar-refractivity contribution in [3.63, 3.8) is 0 Å². The Labute approximate surface area is 130 Å². The van der Waals surface area contributed by atoms with Crippen molar-refractivity contribution in [2.24, 2.45) is 5.92 Å². The lowest BCUT2D eigenvalue weighted by molar-refractivity contribution is 0.225. The van der Waals surface area contributed by atoms with Gasteiger partial charge >= 0.3 is 0 Å². The van der Waals surface area contributed by atoms with E-state index in [1.165, 1.54) is 18.4 Å². The van der Waals surface area contributed by atoms with Crippen molar-refractivity contribution in [3.8, 4) is 11.5 Å². The van der Waals surface area contributed by atoms with E-state index in [4.69, 9.17) is 9.47 Å². The van der Waals surface area contributed by atoms with Crippen LogP contribution < -0.4 is 14.8 Å². The first-order valence-electron chi connectivity index (χ1n) is 7.34. The van der Waals surface area contributed by atoms with Crippen LogP contribution in [0, 0.1) is 5.92 Å². The van der Waals surface area contributed by atoms with Crippen LogP contribution in [0.15, 0.2) is 16.6 Å². The number of methoxy groups -OCH3 is 1. The largest absolute Gasteiger partial charge is 0.493 e. The number of hydrogen-bond acceptors (Lipinski definition) is 3. The van der Waals surface area contributed by atoms with E-state index in [-0.39, 0.29) is 6.10 Å². The van der Waals surface area contributed by atoms with Gasteiger partial charge in [0.25, 0.3) is 0 Å². The van der Waals surface area contributed by atoms with Crippen LogP contribution in [0.5, 0.6) is 11.5 Å². The minimum absolute atomic E-state index is 0.150. The van der Waals surface area contributed by atoms with E-state index in [0.29, 0.717) is 0 Å². The first-order chi connectivity index (χ1) is 9.60. The lowest BCUT2D eigenvalue weighted by atomic mass is 9.90. The van der Waals surface area contributed by atoms with Crippen molar-refractivity contribution in [1.29, 1.82) is 0 Å². The fourth-order valence-corrected chi connectivity index (χ4v) is 3.18. The van der Waals surface area contributed by atoms with Gasteiger partial charge < -0.3 is 14.8 Å². The van der Waals surface area contributed by atoms with Crippen LogP contribution in [-0.4, -0.2) is 26.3 Å². The molecule has 1 aliphatic heterocycles. The molecule has 1 fully saturated rings. The van der Waals surface area contributed by atoms with E-state index in [1.54, 1.807) is 7.11 Å². The molecule has 4 heteroatoms. The van der Waals surface area contributed by atoms with Gasteiger partial charge in [-0.25, -0.2) is 0 Å². The fourth-order valence-electron chi connectivity index (χ4n) is 2.69. The van der Waals surface area contributed by atoms with E-state index >= 15 is 0 Å². The Hall–Kier alpha value is -0.740. The van der Waals surface area contributed by atoms with E-state index < -0.39 is 0 Å². The van der Waals surface area contributed by atoms with Gasteiger partial charge in [0.1, 0.15) is 0 Å². The molecule has 0 saturated carbocycles. The van der Waals surface area contributed by atoms with E-state index in [0.717, 1.165) is 41.4 Å². The first kappa shape index (κ1) is 15.6. The van der Waals surface area contributed by atoms with Gasteiger partial charge in [-0.05, 0) is 69.8 Å². The fraction of sp³-hybridized carbons (Fsp3) is 0.625. The van der Waals surface area contributed by atoms with Gasteiger partial charge in [-0.3, -0.25) is 0 Å². The standard InChI is InChI=1S/C16H24BrNO2/c1-11(2)20-16-13(8-12-4-6-18-7-5-12)9-14(17)10-15(16)19-3/h9-12,18H,4-8H2,1-3H3. The lowest BCUT2D eigenvalue weighted by Gasteiger charge is -2.25. The summed E-state index contributed by atoms with van der Waals surface area (Å²) in [6, 6.07) is 4.14. The zero-order valence-electron chi connectivity index (χ0n) is 12.5. The topological polar surface area (TPSA) is 30.5 Å². The van der Waals surface area contributed by atoms with Crippen molar-refractivity contribution in [3.05, 3.63) is 22.2 Å². The van der Waals surface area contributed by atoms with E-state index in [9.17, 15) is 0 Å². The molecule has 1 saturated heterocycles. The van der Waals surface area contributed by atoms with Crippen LogP contribution in [0.1, 0.15) is 32.3 Å². The quantitative estimate of drug-likeness (QED) is 0.883. The normalized spacial score (nSPS) is 16.4.